The van der Waals surface area contributed by atoms with Gasteiger partial charge in [-0.25, -0.2) is 4.99 Å². The van der Waals surface area contributed by atoms with Crippen molar-refractivity contribution in [2.75, 3.05) is 12.3 Å². The number of amidine groups is 1. The predicted octanol–water partition coefficient (Wildman–Crippen LogP) is 4.33. The van der Waals surface area contributed by atoms with Gasteiger partial charge in [0, 0.05) is 17.6 Å². The van der Waals surface area contributed by atoms with E-state index in [4.69, 9.17) is 11.6 Å². The van der Waals surface area contributed by atoms with E-state index in [9.17, 15) is 9.59 Å². The molecule has 0 aromatic heterocycles. The number of thioether (sulfide) groups is 1. The molecule has 2 rings (SSSR count). The van der Waals surface area contributed by atoms with Crippen molar-refractivity contribution in [2.24, 2.45) is 4.99 Å². The smallest absolute Gasteiger partial charge is 0.278 e. The molecule has 27 heavy (non-hydrogen) atoms. The van der Waals surface area contributed by atoms with Gasteiger partial charge in [0.25, 0.3) is 5.91 Å². The van der Waals surface area contributed by atoms with Crippen LogP contribution in [0.3, 0.4) is 0 Å². The van der Waals surface area contributed by atoms with E-state index >= 15 is 0 Å². The van der Waals surface area contributed by atoms with Crippen LogP contribution in [0.1, 0.15) is 45.6 Å². The second-order valence-electron chi connectivity index (χ2n) is 6.45. The monoisotopic (exact) mass is 407 g/mol. The molecular formula is C20H26ClN3O2S. The van der Waals surface area contributed by atoms with Crippen LogP contribution in [-0.2, 0) is 9.59 Å². The fourth-order valence-corrected chi connectivity index (χ4v) is 3.38. The summed E-state index contributed by atoms with van der Waals surface area (Å²) in [5, 5.41) is 4.17. The fraction of sp³-hybridized carbons (Fsp3) is 0.450. The lowest BCUT2D eigenvalue weighted by molar-refractivity contribution is -0.122. The molecule has 1 heterocycles. The Morgan fingerprint density at radius 2 is 2.04 bits per heavy atom. The van der Waals surface area contributed by atoms with Gasteiger partial charge >= 0.3 is 0 Å². The number of benzene rings is 1. The minimum absolute atomic E-state index is 0.0462. The summed E-state index contributed by atoms with van der Waals surface area (Å²) in [5.41, 5.74) is 1.25. The second-order valence-corrected chi connectivity index (χ2v) is 7.83. The van der Waals surface area contributed by atoms with Crippen molar-refractivity contribution < 1.29 is 9.59 Å². The van der Waals surface area contributed by atoms with Crippen molar-refractivity contribution in [1.82, 2.24) is 10.2 Å². The van der Waals surface area contributed by atoms with E-state index < -0.39 is 0 Å². The van der Waals surface area contributed by atoms with Crippen LogP contribution in [0, 0.1) is 0 Å². The van der Waals surface area contributed by atoms with Gasteiger partial charge in [-0.15, -0.1) is 0 Å². The summed E-state index contributed by atoms with van der Waals surface area (Å²) in [6.45, 7) is 6.68. The number of carbonyl (C=O) groups excluding carboxylic acids is 2. The van der Waals surface area contributed by atoms with Crippen LogP contribution in [0.2, 0.25) is 5.02 Å². The molecule has 0 saturated carbocycles. The first-order chi connectivity index (χ1) is 12.9. The lowest BCUT2D eigenvalue weighted by atomic mass is 10.2. The molecule has 1 aromatic rings. The summed E-state index contributed by atoms with van der Waals surface area (Å²) in [7, 11) is 0. The summed E-state index contributed by atoms with van der Waals surface area (Å²) in [6, 6.07) is 7.39. The lowest BCUT2D eigenvalue weighted by Gasteiger charge is -2.17. The van der Waals surface area contributed by atoms with Gasteiger partial charge < -0.3 is 5.32 Å². The van der Waals surface area contributed by atoms with Crippen LogP contribution in [0.15, 0.2) is 35.0 Å². The summed E-state index contributed by atoms with van der Waals surface area (Å²) in [5.74, 6) is 0.0751. The SMILES string of the molecule is CCCCN1C(=O)/C(=C\c2ccc(Cl)cc2)N=C1SCC(=O)NC(C)CC. The Morgan fingerprint density at radius 3 is 2.67 bits per heavy atom. The molecule has 1 aliphatic heterocycles. The number of aliphatic imine (C=N–C) groups is 1. The molecule has 5 nitrogen and oxygen atoms in total. The van der Waals surface area contributed by atoms with Crippen molar-refractivity contribution in [2.45, 2.75) is 46.1 Å². The summed E-state index contributed by atoms with van der Waals surface area (Å²) in [4.78, 5) is 31.0. The maximum atomic E-state index is 12.8. The fourth-order valence-electron chi connectivity index (χ4n) is 2.42. The zero-order valence-electron chi connectivity index (χ0n) is 16.0. The Morgan fingerprint density at radius 1 is 1.33 bits per heavy atom. The van der Waals surface area contributed by atoms with Crippen molar-refractivity contribution in [3.63, 3.8) is 0 Å². The van der Waals surface area contributed by atoms with Crippen molar-refractivity contribution in [3.05, 3.63) is 40.5 Å². The lowest BCUT2D eigenvalue weighted by Crippen LogP contribution is -2.35. The molecular weight excluding hydrogens is 382 g/mol. The highest BCUT2D eigenvalue weighted by atomic mass is 35.5. The molecule has 1 aliphatic rings. The van der Waals surface area contributed by atoms with Crippen LogP contribution in [0.5, 0.6) is 0 Å². The molecule has 2 amide bonds. The molecule has 0 radical (unpaired) electrons. The van der Waals surface area contributed by atoms with Gasteiger partial charge in [0.15, 0.2) is 5.17 Å². The Balaban J connectivity index is 2.13. The van der Waals surface area contributed by atoms with E-state index in [1.54, 1.807) is 23.1 Å². The Kier molecular flexibility index (Phi) is 8.38. The average molecular weight is 408 g/mol. The van der Waals surface area contributed by atoms with Crippen LogP contribution in [0.25, 0.3) is 6.08 Å². The summed E-state index contributed by atoms with van der Waals surface area (Å²) < 4.78 is 0. The maximum Gasteiger partial charge on any atom is 0.278 e. The molecule has 7 heteroatoms. The molecule has 0 saturated heterocycles. The van der Waals surface area contributed by atoms with Gasteiger partial charge in [-0.05, 0) is 43.5 Å². The van der Waals surface area contributed by atoms with E-state index in [1.165, 1.54) is 11.8 Å². The number of amides is 2. The van der Waals surface area contributed by atoms with E-state index in [2.05, 4.69) is 17.2 Å². The first-order valence-electron chi connectivity index (χ1n) is 9.24. The van der Waals surface area contributed by atoms with Crippen LogP contribution in [-0.4, -0.2) is 40.2 Å². The molecule has 146 valence electrons. The minimum Gasteiger partial charge on any atom is -0.353 e. The van der Waals surface area contributed by atoms with Gasteiger partial charge in [0.05, 0.1) is 5.75 Å². The normalized spacial score (nSPS) is 16.6. The summed E-state index contributed by atoms with van der Waals surface area (Å²) >= 11 is 7.22. The molecule has 1 aromatic carbocycles. The molecule has 1 N–H and O–H groups in total. The highest BCUT2D eigenvalue weighted by Gasteiger charge is 2.30. The molecule has 0 aliphatic carbocycles. The van der Waals surface area contributed by atoms with Gasteiger partial charge in [0.1, 0.15) is 5.70 Å². The van der Waals surface area contributed by atoms with E-state index in [0.717, 1.165) is 24.8 Å². The van der Waals surface area contributed by atoms with Crippen LogP contribution < -0.4 is 5.32 Å². The van der Waals surface area contributed by atoms with Crippen molar-refractivity contribution >= 4 is 46.4 Å². The molecule has 0 spiro atoms. The van der Waals surface area contributed by atoms with Gasteiger partial charge in [0.2, 0.25) is 5.91 Å². The number of rotatable bonds is 8. The molecule has 1 atom stereocenters. The zero-order valence-corrected chi connectivity index (χ0v) is 17.6. The maximum absolute atomic E-state index is 12.8. The minimum atomic E-state index is -0.122. The second kappa shape index (κ2) is 10.5. The predicted molar refractivity (Wildman–Crippen MR) is 114 cm³/mol. The number of halogens is 1. The molecule has 0 fully saturated rings. The zero-order chi connectivity index (χ0) is 19.8. The van der Waals surface area contributed by atoms with Crippen LogP contribution in [0.4, 0.5) is 0 Å². The van der Waals surface area contributed by atoms with E-state index in [-0.39, 0.29) is 23.6 Å². The molecule has 0 bridgehead atoms. The number of nitrogens with one attached hydrogen (secondary N) is 1. The third-order valence-corrected chi connectivity index (χ3v) is 5.40. The largest absolute Gasteiger partial charge is 0.353 e. The van der Waals surface area contributed by atoms with Gasteiger partial charge in [-0.3, -0.25) is 14.5 Å². The van der Waals surface area contributed by atoms with E-state index in [1.807, 2.05) is 26.0 Å². The number of hydrogen-bond acceptors (Lipinski definition) is 4. The molecule has 1 unspecified atom stereocenters. The number of hydrogen-bond donors (Lipinski definition) is 1. The first kappa shape index (κ1) is 21.5. The summed E-state index contributed by atoms with van der Waals surface area (Å²) in [6.07, 6.45) is 4.50. The Hall–Kier alpha value is -1.79. The number of nitrogens with zero attached hydrogens (tertiary/aromatic N) is 2. The third-order valence-electron chi connectivity index (χ3n) is 4.17. The van der Waals surface area contributed by atoms with Crippen LogP contribution >= 0.6 is 23.4 Å². The quantitative estimate of drug-likeness (QED) is 0.652. The number of unbranched alkanes of at least 4 members (excludes halogenated alkanes) is 1. The highest BCUT2D eigenvalue weighted by Crippen LogP contribution is 2.25. The van der Waals surface area contributed by atoms with Gasteiger partial charge in [-0.2, -0.15) is 0 Å². The van der Waals surface area contributed by atoms with E-state index in [0.29, 0.717) is 22.4 Å². The first-order valence-corrected chi connectivity index (χ1v) is 10.6. The topological polar surface area (TPSA) is 61.8 Å². The van der Waals surface area contributed by atoms with Crippen molar-refractivity contribution in [3.8, 4) is 0 Å². The number of carbonyl (C=O) groups is 2. The Bertz CT molecular complexity index is 731. The van der Waals surface area contributed by atoms with Crippen molar-refractivity contribution in [1.29, 1.82) is 0 Å². The third kappa shape index (κ3) is 6.40. The average Bonchev–Trinajstić information content (AvgIpc) is 2.95. The van der Waals surface area contributed by atoms with Gasteiger partial charge in [-0.1, -0.05) is 55.8 Å². The standard InChI is InChI=1S/C20H26ClN3O2S/c1-4-6-11-24-19(26)17(12-15-7-9-16(21)10-8-15)23-20(24)27-13-18(25)22-14(3)5-2/h7-10,12,14H,4-6,11,13H2,1-3H3,(H,22,25)/b17-12+. The highest BCUT2D eigenvalue weighted by molar-refractivity contribution is 8.14. The Labute approximate surface area is 170 Å².